The summed E-state index contributed by atoms with van der Waals surface area (Å²) in [5.41, 5.74) is 0. The van der Waals surface area contributed by atoms with Crippen molar-refractivity contribution in [1.29, 1.82) is 0 Å². The summed E-state index contributed by atoms with van der Waals surface area (Å²) in [5, 5.41) is 2.00. The lowest BCUT2D eigenvalue weighted by atomic mass is 10.3. The first-order valence-electron chi connectivity index (χ1n) is 2.64. The molecule has 0 saturated heterocycles. The number of amides is 1. The van der Waals surface area contributed by atoms with Gasteiger partial charge in [0, 0.05) is 13.5 Å². The molecule has 0 radical (unpaired) electrons. The van der Waals surface area contributed by atoms with E-state index < -0.39 is 11.8 Å². The number of hydrogen-bond acceptors (Lipinski definition) is 1. The van der Waals surface area contributed by atoms with Crippen molar-refractivity contribution in [1.82, 2.24) is 5.32 Å². The lowest BCUT2D eigenvalue weighted by Crippen LogP contribution is -2.37. The molecule has 0 spiro atoms. The fraction of sp³-hybridized carbons (Fsp3) is 0.800. The van der Waals surface area contributed by atoms with Crippen LogP contribution < -0.4 is 5.32 Å². The first kappa shape index (κ1) is 8.33. The minimum absolute atomic E-state index is 0.238. The van der Waals surface area contributed by atoms with Gasteiger partial charge in [0.05, 0.1) is 0 Å². The number of rotatable bonds is 2. The molecule has 0 aromatic rings. The Labute approximate surface area is 52.2 Å². The van der Waals surface area contributed by atoms with Gasteiger partial charge in [0.1, 0.15) is 0 Å². The van der Waals surface area contributed by atoms with Gasteiger partial charge in [-0.2, -0.15) is 8.78 Å². The quantitative estimate of drug-likeness (QED) is 0.598. The molecule has 4 heteroatoms. The average molecular weight is 137 g/mol. The maximum absolute atomic E-state index is 11.9. The van der Waals surface area contributed by atoms with Gasteiger partial charge in [0.25, 0.3) is 5.91 Å². The van der Waals surface area contributed by atoms with Gasteiger partial charge < -0.3 is 5.32 Å². The molecule has 0 aromatic carbocycles. The first-order valence-corrected chi connectivity index (χ1v) is 2.64. The number of hydrogen-bond donors (Lipinski definition) is 1. The van der Waals surface area contributed by atoms with Crippen LogP contribution in [-0.2, 0) is 4.79 Å². The summed E-state index contributed by atoms with van der Waals surface area (Å²) in [7, 11) is 0. The Morgan fingerprint density at radius 2 is 2.11 bits per heavy atom. The van der Waals surface area contributed by atoms with Crippen LogP contribution in [0.2, 0.25) is 0 Å². The summed E-state index contributed by atoms with van der Waals surface area (Å²) in [6, 6.07) is 0. The zero-order chi connectivity index (χ0) is 7.49. The van der Waals surface area contributed by atoms with Gasteiger partial charge in [0.15, 0.2) is 0 Å². The van der Waals surface area contributed by atoms with Crippen molar-refractivity contribution in [2.45, 2.75) is 19.8 Å². The van der Waals surface area contributed by atoms with Crippen molar-refractivity contribution >= 4 is 5.91 Å². The van der Waals surface area contributed by atoms with Crippen LogP contribution in [0.5, 0.6) is 0 Å². The topological polar surface area (TPSA) is 29.1 Å². The molecule has 1 N–H and O–H groups in total. The molecule has 0 aliphatic heterocycles. The molecule has 0 bridgehead atoms. The monoisotopic (exact) mass is 137 g/mol. The molecule has 0 rings (SSSR count). The normalized spacial score (nSPS) is 11.1. The van der Waals surface area contributed by atoms with Gasteiger partial charge in [-0.15, -0.1) is 0 Å². The summed E-state index contributed by atoms with van der Waals surface area (Å²) in [6.07, 6.45) is 0. The second-order valence-electron chi connectivity index (χ2n) is 1.75. The van der Waals surface area contributed by atoms with E-state index in [1.54, 1.807) is 6.92 Å². The highest BCUT2D eigenvalue weighted by Gasteiger charge is 2.30. The number of carbonyl (C=O) groups is 1. The lowest BCUT2D eigenvalue weighted by Gasteiger charge is -2.07. The van der Waals surface area contributed by atoms with Gasteiger partial charge in [-0.05, 0) is 6.92 Å². The first-order chi connectivity index (χ1) is 3.98. The fourth-order valence-corrected chi connectivity index (χ4v) is 0.316. The maximum Gasteiger partial charge on any atom is 0.321 e. The van der Waals surface area contributed by atoms with Gasteiger partial charge >= 0.3 is 5.92 Å². The SMILES string of the molecule is CCNC(=O)C(C)(F)F. The molecule has 54 valence electrons. The summed E-state index contributed by atoms with van der Waals surface area (Å²) < 4.78 is 23.8. The minimum Gasteiger partial charge on any atom is -0.351 e. The van der Waals surface area contributed by atoms with E-state index >= 15 is 0 Å². The largest absolute Gasteiger partial charge is 0.351 e. The van der Waals surface area contributed by atoms with E-state index in [9.17, 15) is 13.6 Å². The maximum atomic E-state index is 11.9. The van der Waals surface area contributed by atoms with E-state index in [1.165, 1.54) is 0 Å². The third-order valence-corrected chi connectivity index (χ3v) is 0.736. The van der Waals surface area contributed by atoms with Crippen molar-refractivity contribution in [2.24, 2.45) is 0 Å². The zero-order valence-corrected chi connectivity index (χ0v) is 5.37. The second-order valence-corrected chi connectivity index (χ2v) is 1.75. The molecule has 0 saturated carbocycles. The number of carbonyl (C=O) groups excluding carboxylic acids is 1. The molecule has 0 fully saturated rings. The molecule has 2 nitrogen and oxygen atoms in total. The third kappa shape index (κ3) is 3.00. The van der Waals surface area contributed by atoms with Crippen LogP contribution in [-0.4, -0.2) is 18.4 Å². The highest BCUT2D eigenvalue weighted by molar-refractivity contribution is 5.82. The second kappa shape index (κ2) is 2.75. The van der Waals surface area contributed by atoms with E-state index in [0.717, 1.165) is 0 Å². The number of alkyl halides is 2. The van der Waals surface area contributed by atoms with E-state index in [-0.39, 0.29) is 6.54 Å². The van der Waals surface area contributed by atoms with E-state index in [4.69, 9.17) is 0 Å². The highest BCUT2D eigenvalue weighted by atomic mass is 19.3. The molecular weight excluding hydrogens is 128 g/mol. The van der Waals surface area contributed by atoms with Gasteiger partial charge in [-0.25, -0.2) is 0 Å². The Bertz CT molecular complexity index is 108. The molecule has 0 aromatic heterocycles. The van der Waals surface area contributed by atoms with Crippen molar-refractivity contribution < 1.29 is 13.6 Å². The predicted molar refractivity (Wildman–Crippen MR) is 29.3 cm³/mol. The molecular formula is C5H9F2NO. The Hall–Kier alpha value is -0.670. The molecule has 0 aliphatic carbocycles. The van der Waals surface area contributed by atoms with Gasteiger partial charge in [-0.1, -0.05) is 0 Å². The van der Waals surface area contributed by atoms with E-state index in [1.807, 2.05) is 5.32 Å². The van der Waals surface area contributed by atoms with Crippen LogP contribution in [0.4, 0.5) is 8.78 Å². The fourth-order valence-electron chi connectivity index (χ4n) is 0.316. The molecule has 0 unspecified atom stereocenters. The predicted octanol–water partition coefficient (Wildman–Crippen LogP) is 0.778. The molecule has 1 amide bonds. The smallest absolute Gasteiger partial charge is 0.321 e. The van der Waals surface area contributed by atoms with Crippen LogP contribution in [0.1, 0.15) is 13.8 Å². The van der Waals surface area contributed by atoms with Crippen LogP contribution in [0.15, 0.2) is 0 Å². The van der Waals surface area contributed by atoms with Crippen LogP contribution in [0.3, 0.4) is 0 Å². The standard InChI is InChI=1S/C5H9F2NO/c1-3-8-4(9)5(2,6)7/h3H2,1-2H3,(H,8,9). The lowest BCUT2D eigenvalue weighted by molar-refractivity contribution is -0.142. The van der Waals surface area contributed by atoms with Crippen molar-refractivity contribution in [3.63, 3.8) is 0 Å². The average Bonchev–Trinajstić information content (AvgIpc) is 1.64. The summed E-state index contributed by atoms with van der Waals surface area (Å²) in [4.78, 5) is 10.2. The van der Waals surface area contributed by atoms with Crippen LogP contribution >= 0.6 is 0 Å². The Morgan fingerprint density at radius 3 is 2.22 bits per heavy atom. The Kier molecular flexibility index (Phi) is 2.55. The van der Waals surface area contributed by atoms with Crippen LogP contribution in [0, 0.1) is 0 Å². The highest BCUT2D eigenvalue weighted by Crippen LogP contribution is 2.10. The number of halogens is 2. The zero-order valence-electron chi connectivity index (χ0n) is 5.37. The van der Waals surface area contributed by atoms with Gasteiger partial charge in [-0.3, -0.25) is 4.79 Å². The van der Waals surface area contributed by atoms with Crippen molar-refractivity contribution in [2.75, 3.05) is 6.54 Å². The van der Waals surface area contributed by atoms with Crippen molar-refractivity contribution in [3.8, 4) is 0 Å². The third-order valence-electron chi connectivity index (χ3n) is 0.736. The minimum atomic E-state index is -3.24. The Morgan fingerprint density at radius 1 is 1.67 bits per heavy atom. The molecule has 0 aliphatic rings. The van der Waals surface area contributed by atoms with Crippen LogP contribution in [0.25, 0.3) is 0 Å². The van der Waals surface area contributed by atoms with E-state index in [0.29, 0.717) is 6.92 Å². The summed E-state index contributed by atoms with van der Waals surface area (Å²) in [6.45, 7) is 2.39. The molecule has 0 heterocycles. The Balaban J connectivity index is 3.74. The molecule has 9 heavy (non-hydrogen) atoms. The summed E-state index contributed by atoms with van der Waals surface area (Å²) in [5.74, 6) is -4.46. The summed E-state index contributed by atoms with van der Waals surface area (Å²) >= 11 is 0. The molecule has 0 atom stereocenters. The van der Waals surface area contributed by atoms with Crippen molar-refractivity contribution in [3.05, 3.63) is 0 Å². The van der Waals surface area contributed by atoms with E-state index in [2.05, 4.69) is 0 Å². The number of nitrogens with one attached hydrogen (secondary N) is 1. The van der Waals surface area contributed by atoms with Gasteiger partial charge in [0.2, 0.25) is 0 Å².